The van der Waals surface area contributed by atoms with Crippen molar-refractivity contribution in [3.05, 3.63) is 72.3 Å². The fraction of sp³-hybridized carbons (Fsp3) is 0.519. The van der Waals surface area contributed by atoms with Crippen LogP contribution < -0.4 is 5.73 Å². The minimum absolute atomic E-state index is 0.124. The molecule has 3 heteroatoms. The van der Waals surface area contributed by atoms with Gasteiger partial charge in [-0.1, -0.05) is 121 Å². The number of carbonyl (C=O) groups excluding carboxylic acids is 1. The Balaban J connectivity index is -0.000000335. The number of aryl methyl sites for hydroxylation is 1. The molecule has 1 aliphatic heterocycles. The SMILES string of the molecule is CC.CC.CC.CCN1CCC(C(N)=O)CC1.Cc1ccccc1.c1ccccc1. The standard InChI is InChI=1S/C8H16N2O.C7H8.C6H6.3C2H6/c1-2-10-5-3-7(4-6-10)8(9)11;1-7-5-3-2-4-6-7;1-2-4-6-5-3-1;3*1-2/h7H,2-6H2,1H3,(H2,9,11);2-6H,1H3;1-6H;3*1-2H3. The molecule has 2 N–H and O–H groups in total. The molecule has 0 saturated carbocycles. The molecule has 30 heavy (non-hydrogen) atoms. The number of nitrogens with zero attached hydrogens (tertiary/aromatic N) is 1. The monoisotopic (exact) mass is 416 g/mol. The lowest BCUT2D eigenvalue weighted by Gasteiger charge is -2.29. The molecular weight excluding hydrogens is 368 g/mol. The molecular formula is C27H48N2O. The van der Waals surface area contributed by atoms with Crippen LogP contribution in [0.5, 0.6) is 0 Å². The molecule has 1 heterocycles. The number of nitrogens with two attached hydrogens (primary N) is 1. The molecule has 0 radical (unpaired) electrons. The number of hydrogen-bond acceptors (Lipinski definition) is 2. The van der Waals surface area contributed by atoms with E-state index in [1.807, 2.05) is 96.1 Å². The minimum atomic E-state index is -0.124. The number of piperidine rings is 1. The summed E-state index contributed by atoms with van der Waals surface area (Å²) in [7, 11) is 0. The van der Waals surface area contributed by atoms with Crippen LogP contribution in [0.1, 0.15) is 66.9 Å². The van der Waals surface area contributed by atoms with Gasteiger partial charge in [0.1, 0.15) is 0 Å². The second-order valence-corrected chi connectivity index (χ2v) is 5.92. The van der Waals surface area contributed by atoms with E-state index < -0.39 is 0 Å². The van der Waals surface area contributed by atoms with Crippen molar-refractivity contribution in [3.8, 4) is 0 Å². The second kappa shape index (κ2) is 26.9. The average molecular weight is 417 g/mol. The zero-order valence-electron chi connectivity index (χ0n) is 20.9. The summed E-state index contributed by atoms with van der Waals surface area (Å²) in [5, 5.41) is 0. The molecule has 2 aromatic carbocycles. The summed E-state index contributed by atoms with van der Waals surface area (Å²) in [4.78, 5) is 13.1. The quantitative estimate of drug-likeness (QED) is 0.575. The zero-order chi connectivity index (χ0) is 23.6. The molecule has 0 aliphatic carbocycles. The van der Waals surface area contributed by atoms with Crippen LogP contribution in [-0.4, -0.2) is 30.4 Å². The van der Waals surface area contributed by atoms with E-state index in [9.17, 15) is 4.79 Å². The number of carbonyl (C=O) groups is 1. The van der Waals surface area contributed by atoms with Crippen LogP contribution in [0.25, 0.3) is 0 Å². The van der Waals surface area contributed by atoms with Gasteiger partial charge in [0.05, 0.1) is 0 Å². The average Bonchev–Trinajstić information content (AvgIpc) is 2.85. The largest absolute Gasteiger partial charge is 0.369 e. The lowest BCUT2D eigenvalue weighted by molar-refractivity contribution is -0.123. The Morgan fingerprint density at radius 3 is 1.37 bits per heavy atom. The van der Waals surface area contributed by atoms with E-state index in [1.165, 1.54) is 5.56 Å². The van der Waals surface area contributed by atoms with Crippen molar-refractivity contribution in [2.24, 2.45) is 11.7 Å². The minimum Gasteiger partial charge on any atom is -0.369 e. The third-order valence-electron chi connectivity index (χ3n) is 4.04. The first-order chi connectivity index (χ1) is 14.6. The van der Waals surface area contributed by atoms with Gasteiger partial charge in [0.25, 0.3) is 0 Å². The summed E-state index contributed by atoms with van der Waals surface area (Å²) >= 11 is 0. The highest BCUT2D eigenvalue weighted by molar-refractivity contribution is 5.76. The smallest absolute Gasteiger partial charge is 0.220 e. The van der Waals surface area contributed by atoms with Crippen molar-refractivity contribution in [1.82, 2.24) is 4.90 Å². The van der Waals surface area contributed by atoms with E-state index in [-0.39, 0.29) is 11.8 Å². The Labute approximate surface area is 187 Å². The Hall–Kier alpha value is -2.13. The van der Waals surface area contributed by atoms with Crippen molar-refractivity contribution in [2.45, 2.75) is 68.2 Å². The molecule has 0 unspecified atom stereocenters. The second-order valence-electron chi connectivity index (χ2n) is 5.92. The zero-order valence-corrected chi connectivity index (χ0v) is 20.9. The predicted octanol–water partition coefficient (Wildman–Crippen LogP) is 6.96. The van der Waals surface area contributed by atoms with E-state index in [2.05, 4.69) is 30.9 Å². The van der Waals surface area contributed by atoms with Gasteiger partial charge in [0, 0.05) is 5.92 Å². The maximum atomic E-state index is 10.8. The number of primary amides is 1. The molecule has 1 fully saturated rings. The first-order valence-electron chi connectivity index (χ1n) is 11.7. The molecule has 2 aromatic rings. The first kappa shape index (κ1) is 32.5. The van der Waals surface area contributed by atoms with Crippen LogP contribution in [0.15, 0.2) is 66.7 Å². The summed E-state index contributed by atoms with van der Waals surface area (Å²) < 4.78 is 0. The van der Waals surface area contributed by atoms with Gasteiger partial charge in [-0.05, 0) is 39.4 Å². The van der Waals surface area contributed by atoms with Gasteiger partial charge in [-0.2, -0.15) is 0 Å². The molecule has 3 rings (SSSR count). The molecule has 1 saturated heterocycles. The molecule has 3 nitrogen and oxygen atoms in total. The van der Waals surface area contributed by atoms with Crippen LogP contribution in [0.2, 0.25) is 0 Å². The number of benzene rings is 2. The number of likely N-dealkylation sites (tertiary alicyclic amines) is 1. The Morgan fingerprint density at radius 1 is 0.800 bits per heavy atom. The Morgan fingerprint density at radius 2 is 1.13 bits per heavy atom. The van der Waals surface area contributed by atoms with Crippen LogP contribution >= 0.6 is 0 Å². The van der Waals surface area contributed by atoms with Gasteiger partial charge in [-0.15, -0.1) is 0 Å². The molecule has 1 aliphatic rings. The van der Waals surface area contributed by atoms with Crippen molar-refractivity contribution < 1.29 is 4.79 Å². The lowest BCUT2D eigenvalue weighted by atomic mass is 9.96. The Bertz CT molecular complexity index is 509. The Kier molecular flexibility index (Phi) is 29.1. The van der Waals surface area contributed by atoms with E-state index in [1.54, 1.807) is 0 Å². The summed E-state index contributed by atoms with van der Waals surface area (Å²) in [6, 6.07) is 22.3. The van der Waals surface area contributed by atoms with Crippen molar-refractivity contribution in [2.75, 3.05) is 19.6 Å². The van der Waals surface area contributed by atoms with E-state index in [0.717, 1.165) is 32.5 Å². The van der Waals surface area contributed by atoms with Gasteiger partial charge in [-0.25, -0.2) is 0 Å². The highest BCUT2D eigenvalue weighted by Gasteiger charge is 2.21. The van der Waals surface area contributed by atoms with Crippen molar-refractivity contribution in [1.29, 1.82) is 0 Å². The maximum Gasteiger partial charge on any atom is 0.220 e. The van der Waals surface area contributed by atoms with Crippen LogP contribution in [0.3, 0.4) is 0 Å². The fourth-order valence-corrected chi connectivity index (χ4v) is 2.45. The molecule has 0 spiro atoms. The molecule has 0 bridgehead atoms. The summed E-state index contributed by atoms with van der Waals surface area (Å²) in [6.07, 6.45) is 1.90. The van der Waals surface area contributed by atoms with Gasteiger partial charge in [0.15, 0.2) is 0 Å². The summed E-state index contributed by atoms with van der Waals surface area (Å²) in [6.45, 7) is 19.4. The first-order valence-corrected chi connectivity index (χ1v) is 11.7. The van der Waals surface area contributed by atoms with Crippen LogP contribution in [-0.2, 0) is 4.79 Å². The third-order valence-corrected chi connectivity index (χ3v) is 4.04. The topological polar surface area (TPSA) is 46.3 Å². The molecule has 1 amide bonds. The number of hydrogen-bond donors (Lipinski definition) is 1. The van der Waals surface area contributed by atoms with Gasteiger partial charge in [-0.3, -0.25) is 4.79 Å². The summed E-state index contributed by atoms with van der Waals surface area (Å²) in [5.41, 5.74) is 6.52. The van der Waals surface area contributed by atoms with Gasteiger partial charge >= 0.3 is 0 Å². The predicted molar refractivity (Wildman–Crippen MR) is 136 cm³/mol. The summed E-state index contributed by atoms with van der Waals surface area (Å²) in [5.74, 6) is 0.0125. The number of rotatable bonds is 2. The normalized spacial score (nSPS) is 12.3. The highest BCUT2D eigenvalue weighted by Crippen LogP contribution is 2.15. The lowest BCUT2D eigenvalue weighted by Crippen LogP contribution is -2.38. The molecule has 172 valence electrons. The number of amides is 1. The van der Waals surface area contributed by atoms with Crippen molar-refractivity contribution >= 4 is 5.91 Å². The molecule has 0 aromatic heterocycles. The van der Waals surface area contributed by atoms with Crippen LogP contribution in [0, 0.1) is 12.8 Å². The van der Waals surface area contributed by atoms with Crippen LogP contribution in [0.4, 0.5) is 0 Å². The third kappa shape index (κ3) is 20.6. The molecule has 0 atom stereocenters. The van der Waals surface area contributed by atoms with Crippen molar-refractivity contribution in [3.63, 3.8) is 0 Å². The maximum absolute atomic E-state index is 10.8. The highest BCUT2D eigenvalue weighted by atomic mass is 16.1. The van der Waals surface area contributed by atoms with Gasteiger partial charge < -0.3 is 10.6 Å². The van der Waals surface area contributed by atoms with E-state index >= 15 is 0 Å². The van der Waals surface area contributed by atoms with E-state index in [0.29, 0.717) is 0 Å². The van der Waals surface area contributed by atoms with Gasteiger partial charge in [0.2, 0.25) is 5.91 Å². The fourth-order valence-electron chi connectivity index (χ4n) is 2.45. The van der Waals surface area contributed by atoms with E-state index in [4.69, 9.17) is 5.73 Å².